The molecule has 3 rings (SSSR count). The van der Waals surface area contributed by atoms with Crippen LogP contribution in [0.1, 0.15) is 21.5 Å². The summed E-state index contributed by atoms with van der Waals surface area (Å²) < 4.78 is 54.1. The van der Waals surface area contributed by atoms with Gasteiger partial charge in [0.1, 0.15) is 11.3 Å². The first-order chi connectivity index (χ1) is 13.3. The van der Waals surface area contributed by atoms with Crippen molar-refractivity contribution in [1.82, 2.24) is 0 Å². The fraction of sp³-hybridized carbons (Fsp3) is 0.150. The van der Waals surface area contributed by atoms with Gasteiger partial charge in [-0.3, -0.25) is 4.79 Å². The van der Waals surface area contributed by atoms with Crippen molar-refractivity contribution >= 4 is 22.8 Å². The Balaban J connectivity index is 2.05. The largest absolute Gasteiger partial charge is 0.504 e. The van der Waals surface area contributed by atoms with Crippen LogP contribution in [0.15, 0.2) is 47.1 Å². The number of alkyl halides is 3. The molecule has 0 spiro atoms. The molecule has 28 heavy (non-hydrogen) atoms. The number of halogens is 3. The summed E-state index contributed by atoms with van der Waals surface area (Å²) in [6.07, 6.45) is -0.863. The van der Waals surface area contributed by atoms with Crippen molar-refractivity contribution in [1.29, 1.82) is 0 Å². The van der Waals surface area contributed by atoms with Gasteiger partial charge in [0.2, 0.25) is 5.75 Å². The number of furan rings is 1. The zero-order chi connectivity index (χ0) is 20.5. The predicted molar refractivity (Wildman–Crippen MR) is 95.8 cm³/mol. The third-order valence-corrected chi connectivity index (χ3v) is 4.09. The van der Waals surface area contributed by atoms with E-state index < -0.39 is 23.3 Å². The van der Waals surface area contributed by atoms with E-state index in [4.69, 9.17) is 13.9 Å². The fourth-order valence-electron chi connectivity index (χ4n) is 2.83. The minimum absolute atomic E-state index is 0.0448. The lowest BCUT2D eigenvalue weighted by molar-refractivity contribution is -0.137. The van der Waals surface area contributed by atoms with Crippen LogP contribution in [0.3, 0.4) is 0 Å². The maximum atomic E-state index is 12.8. The number of ketones is 1. The Morgan fingerprint density at radius 3 is 2.50 bits per heavy atom. The first kappa shape index (κ1) is 19.3. The van der Waals surface area contributed by atoms with Crippen LogP contribution in [0, 0.1) is 0 Å². The van der Waals surface area contributed by atoms with Crippen LogP contribution in [0.2, 0.25) is 0 Å². The van der Waals surface area contributed by atoms with Crippen molar-refractivity contribution in [2.45, 2.75) is 6.18 Å². The molecule has 0 saturated heterocycles. The second-order valence-corrected chi connectivity index (χ2v) is 5.77. The molecule has 0 aliphatic carbocycles. The summed E-state index contributed by atoms with van der Waals surface area (Å²) >= 11 is 0. The standard InChI is InChI=1S/C20H15F3O5/c1-26-17-13-8-9-28-18(13)19(27-2)16(25)15(17)14(24)7-6-11-4-3-5-12(10-11)20(21,22)23/h3-10,25H,1-2H3/b7-6+. The SMILES string of the molecule is COc1c(C(=O)/C=C/c2cccc(C(F)(F)F)c2)c(O)c(OC)c2occc12. The number of ether oxygens (including phenoxy) is 2. The van der Waals surface area contributed by atoms with Gasteiger partial charge in [-0.05, 0) is 29.8 Å². The molecule has 0 fully saturated rings. The highest BCUT2D eigenvalue weighted by molar-refractivity contribution is 6.15. The van der Waals surface area contributed by atoms with Gasteiger partial charge in [0, 0.05) is 0 Å². The van der Waals surface area contributed by atoms with Gasteiger partial charge in [-0.15, -0.1) is 0 Å². The summed E-state index contributed by atoms with van der Waals surface area (Å²) in [5, 5.41) is 10.9. The molecule has 0 aliphatic rings. The lowest BCUT2D eigenvalue weighted by Gasteiger charge is -2.13. The van der Waals surface area contributed by atoms with Gasteiger partial charge in [0.15, 0.2) is 17.1 Å². The maximum absolute atomic E-state index is 12.8. The van der Waals surface area contributed by atoms with Gasteiger partial charge >= 0.3 is 6.18 Å². The van der Waals surface area contributed by atoms with Crippen LogP contribution in [0.25, 0.3) is 17.0 Å². The Morgan fingerprint density at radius 2 is 1.86 bits per heavy atom. The van der Waals surface area contributed by atoms with Crippen molar-refractivity contribution in [2.75, 3.05) is 14.2 Å². The molecular formula is C20H15F3O5. The average Bonchev–Trinajstić information content (AvgIpc) is 3.14. The third-order valence-electron chi connectivity index (χ3n) is 4.09. The number of benzene rings is 2. The van der Waals surface area contributed by atoms with Crippen LogP contribution in [-0.4, -0.2) is 25.1 Å². The number of carbonyl (C=O) groups is 1. The third kappa shape index (κ3) is 3.40. The summed E-state index contributed by atoms with van der Waals surface area (Å²) in [7, 11) is 2.62. The Bertz CT molecular complexity index is 1060. The fourth-order valence-corrected chi connectivity index (χ4v) is 2.83. The number of fused-ring (bicyclic) bond motifs is 1. The summed E-state index contributed by atoms with van der Waals surface area (Å²) in [6, 6.07) is 6.07. The molecule has 2 aromatic carbocycles. The highest BCUT2D eigenvalue weighted by atomic mass is 19.4. The molecule has 0 saturated carbocycles. The van der Waals surface area contributed by atoms with E-state index in [0.717, 1.165) is 18.2 Å². The van der Waals surface area contributed by atoms with Crippen molar-refractivity contribution in [2.24, 2.45) is 0 Å². The van der Waals surface area contributed by atoms with Crippen molar-refractivity contribution in [3.8, 4) is 17.2 Å². The van der Waals surface area contributed by atoms with Crippen molar-refractivity contribution in [3.05, 3.63) is 59.4 Å². The van der Waals surface area contributed by atoms with E-state index in [9.17, 15) is 23.1 Å². The van der Waals surface area contributed by atoms with Gasteiger partial charge < -0.3 is 19.0 Å². The topological polar surface area (TPSA) is 68.9 Å². The van der Waals surface area contributed by atoms with E-state index in [1.54, 1.807) is 6.07 Å². The van der Waals surface area contributed by atoms with Crippen LogP contribution < -0.4 is 9.47 Å². The molecule has 1 N–H and O–H groups in total. The second kappa shape index (κ2) is 7.30. The van der Waals surface area contributed by atoms with Crippen molar-refractivity contribution in [3.63, 3.8) is 0 Å². The number of hydrogen-bond donors (Lipinski definition) is 1. The molecular weight excluding hydrogens is 377 g/mol. The van der Waals surface area contributed by atoms with Gasteiger partial charge in [-0.1, -0.05) is 18.2 Å². The molecule has 3 aromatic rings. The normalized spacial score (nSPS) is 11.9. The van der Waals surface area contributed by atoms with E-state index in [-0.39, 0.29) is 28.2 Å². The first-order valence-corrected chi connectivity index (χ1v) is 8.01. The van der Waals surface area contributed by atoms with E-state index in [2.05, 4.69) is 0 Å². The molecule has 0 aliphatic heterocycles. The molecule has 0 atom stereocenters. The highest BCUT2D eigenvalue weighted by Crippen LogP contribution is 2.45. The summed E-state index contributed by atoms with van der Waals surface area (Å²) in [5.74, 6) is -1.13. The molecule has 0 amide bonds. The van der Waals surface area contributed by atoms with Gasteiger partial charge in [0.25, 0.3) is 0 Å². The first-order valence-electron chi connectivity index (χ1n) is 8.01. The number of phenols is 1. The molecule has 8 heteroatoms. The minimum Gasteiger partial charge on any atom is -0.504 e. The van der Waals surface area contributed by atoms with Gasteiger partial charge in [-0.2, -0.15) is 13.2 Å². The number of methoxy groups -OCH3 is 2. The number of rotatable bonds is 5. The Labute approximate surface area is 157 Å². The Kier molecular flexibility index (Phi) is 5.04. The molecule has 1 aromatic heterocycles. The summed E-state index contributed by atoms with van der Waals surface area (Å²) in [6.45, 7) is 0. The van der Waals surface area contributed by atoms with Gasteiger partial charge in [0.05, 0.1) is 31.4 Å². The molecule has 0 unspecified atom stereocenters. The van der Waals surface area contributed by atoms with Crippen LogP contribution in [-0.2, 0) is 6.18 Å². The van der Waals surface area contributed by atoms with E-state index in [1.807, 2.05) is 0 Å². The van der Waals surface area contributed by atoms with Crippen molar-refractivity contribution < 1.29 is 37.0 Å². The summed E-state index contributed by atoms with van der Waals surface area (Å²) in [5.41, 5.74) is -0.631. The predicted octanol–water partition coefficient (Wildman–Crippen LogP) is 5.07. The average molecular weight is 392 g/mol. The van der Waals surface area contributed by atoms with Crippen LogP contribution >= 0.6 is 0 Å². The van der Waals surface area contributed by atoms with Gasteiger partial charge in [-0.25, -0.2) is 0 Å². The molecule has 0 bridgehead atoms. The van der Waals surface area contributed by atoms with Crippen LogP contribution in [0.4, 0.5) is 13.2 Å². The van der Waals surface area contributed by atoms with E-state index in [0.29, 0.717) is 5.39 Å². The zero-order valence-electron chi connectivity index (χ0n) is 14.8. The number of phenolic OH excluding ortho intramolecular Hbond substituents is 1. The number of allylic oxidation sites excluding steroid dienone is 1. The quantitative estimate of drug-likeness (QED) is 0.485. The molecule has 0 radical (unpaired) electrons. The zero-order valence-corrected chi connectivity index (χ0v) is 14.8. The molecule has 146 valence electrons. The lowest BCUT2D eigenvalue weighted by Crippen LogP contribution is -2.04. The van der Waals surface area contributed by atoms with E-state index in [1.165, 1.54) is 38.7 Å². The monoisotopic (exact) mass is 392 g/mol. The number of carbonyl (C=O) groups excluding carboxylic acids is 1. The lowest BCUT2D eigenvalue weighted by atomic mass is 10.0. The minimum atomic E-state index is -4.49. The summed E-state index contributed by atoms with van der Waals surface area (Å²) in [4.78, 5) is 12.7. The molecule has 5 nitrogen and oxygen atoms in total. The smallest absolute Gasteiger partial charge is 0.416 e. The molecule has 1 heterocycles. The maximum Gasteiger partial charge on any atom is 0.416 e. The number of hydrogen-bond acceptors (Lipinski definition) is 5. The second-order valence-electron chi connectivity index (χ2n) is 5.77. The van der Waals surface area contributed by atoms with E-state index >= 15 is 0 Å². The number of aromatic hydroxyl groups is 1. The van der Waals surface area contributed by atoms with Crippen LogP contribution in [0.5, 0.6) is 17.2 Å². The Hall–Kier alpha value is -3.42. The highest BCUT2D eigenvalue weighted by Gasteiger charge is 2.30. The Morgan fingerprint density at radius 1 is 1.14 bits per heavy atom.